The van der Waals surface area contributed by atoms with Crippen LogP contribution in [0, 0.1) is 6.92 Å². The molecule has 1 aromatic carbocycles. The van der Waals surface area contributed by atoms with Crippen molar-refractivity contribution in [2.45, 2.75) is 6.92 Å². The molecule has 0 aliphatic heterocycles. The lowest BCUT2D eigenvalue weighted by Crippen LogP contribution is -2.17. The zero-order valence-electron chi connectivity index (χ0n) is 11.8. The summed E-state index contributed by atoms with van der Waals surface area (Å²) in [6.45, 7) is 1.82. The van der Waals surface area contributed by atoms with Gasteiger partial charge in [-0.25, -0.2) is 4.98 Å². The fourth-order valence-electron chi connectivity index (χ4n) is 1.81. The van der Waals surface area contributed by atoms with Gasteiger partial charge in [0.25, 0.3) is 5.91 Å². The highest BCUT2D eigenvalue weighted by Crippen LogP contribution is 2.34. The van der Waals surface area contributed by atoms with Gasteiger partial charge < -0.3 is 14.8 Å². The summed E-state index contributed by atoms with van der Waals surface area (Å²) in [5.41, 5.74) is 1.62. The molecule has 0 aliphatic carbocycles. The molecule has 0 radical (unpaired) electrons. The van der Waals surface area contributed by atoms with Gasteiger partial charge in [-0.1, -0.05) is 0 Å². The Morgan fingerprint density at radius 1 is 1.25 bits per heavy atom. The SMILES string of the molecule is CNC(=O)c1sc(-c2ccc(OC)c(OC)c2)nc1C. The molecule has 0 bridgehead atoms. The van der Waals surface area contributed by atoms with Gasteiger partial charge >= 0.3 is 0 Å². The minimum Gasteiger partial charge on any atom is -0.493 e. The molecule has 0 unspecified atom stereocenters. The first-order valence-electron chi connectivity index (χ1n) is 6.02. The maximum atomic E-state index is 11.7. The van der Waals surface area contributed by atoms with E-state index in [0.717, 1.165) is 16.3 Å². The Morgan fingerprint density at radius 2 is 1.95 bits per heavy atom. The van der Waals surface area contributed by atoms with Crippen LogP contribution in [0.25, 0.3) is 10.6 Å². The monoisotopic (exact) mass is 292 g/mol. The maximum Gasteiger partial charge on any atom is 0.263 e. The molecule has 1 heterocycles. The Labute approximate surface area is 121 Å². The van der Waals surface area contributed by atoms with E-state index in [4.69, 9.17) is 9.47 Å². The standard InChI is InChI=1S/C14H16N2O3S/c1-8-12(13(17)15-2)20-14(16-8)9-5-6-10(18-3)11(7-9)19-4/h5-7H,1-4H3,(H,15,17). The van der Waals surface area contributed by atoms with Crippen LogP contribution < -0.4 is 14.8 Å². The first-order chi connectivity index (χ1) is 9.60. The molecule has 2 aromatic rings. The molecule has 5 nitrogen and oxygen atoms in total. The lowest BCUT2D eigenvalue weighted by Gasteiger charge is -2.08. The van der Waals surface area contributed by atoms with Crippen LogP contribution in [-0.4, -0.2) is 32.2 Å². The van der Waals surface area contributed by atoms with E-state index in [-0.39, 0.29) is 5.91 Å². The number of methoxy groups -OCH3 is 2. The van der Waals surface area contributed by atoms with E-state index < -0.39 is 0 Å². The molecule has 6 heteroatoms. The quantitative estimate of drug-likeness (QED) is 0.940. The number of hydrogen-bond donors (Lipinski definition) is 1. The summed E-state index contributed by atoms with van der Waals surface area (Å²) in [7, 11) is 4.79. The van der Waals surface area contributed by atoms with Gasteiger partial charge in [0, 0.05) is 12.6 Å². The number of amides is 1. The molecule has 1 aromatic heterocycles. The molecule has 1 N–H and O–H groups in total. The number of nitrogens with one attached hydrogen (secondary N) is 1. The van der Waals surface area contributed by atoms with Crippen molar-refractivity contribution >= 4 is 17.2 Å². The number of benzene rings is 1. The first-order valence-corrected chi connectivity index (χ1v) is 6.84. The summed E-state index contributed by atoms with van der Waals surface area (Å²) >= 11 is 1.36. The van der Waals surface area contributed by atoms with Gasteiger partial charge in [-0.05, 0) is 25.1 Å². The Kier molecular flexibility index (Phi) is 4.24. The number of carbonyl (C=O) groups excluding carboxylic acids is 1. The largest absolute Gasteiger partial charge is 0.493 e. The molecule has 2 rings (SSSR count). The summed E-state index contributed by atoms with van der Waals surface area (Å²) in [5.74, 6) is 1.18. The third-order valence-electron chi connectivity index (χ3n) is 2.86. The zero-order chi connectivity index (χ0) is 14.7. The number of rotatable bonds is 4. The second-order valence-electron chi connectivity index (χ2n) is 4.08. The molecule has 0 fully saturated rings. The highest BCUT2D eigenvalue weighted by Gasteiger charge is 2.16. The third-order valence-corrected chi connectivity index (χ3v) is 4.07. The van der Waals surface area contributed by atoms with Gasteiger partial charge in [-0.2, -0.15) is 0 Å². The van der Waals surface area contributed by atoms with E-state index in [0.29, 0.717) is 16.4 Å². The fourth-order valence-corrected chi connectivity index (χ4v) is 2.82. The second-order valence-corrected chi connectivity index (χ2v) is 5.08. The van der Waals surface area contributed by atoms with Crippen LogP contribution in [0.2, 0.25) is 0 Å². The van der Waals surface area contributed by atoms with Gasteiger partial charge in [0.05, 0.1) is 19.9 Å². The number of aromatic nitrogens is 1. The summed E-state index contributed by atoms with van der Waals surface area (Å²) in [4.78, 5) is 16.8. The highest BCUT2D eigenvalue weighted by molar-refractivity contribution is 7.17. The highest BCUT2D eigenvalue weighted by atomic mass is 32.1. The summed E-state index contributed by atoms with van der Waals surface area (Å²) in [6, 6.07) is 5.57. The molecular weight excluding hydrogens is 276 g/mol. The van der Waals surface area contributed by atoms with Crippen molar-refractivity contribution in [3.8, 4) is 22.1 Å². The van der Waals surface area contributed by atoms with Crippen molar-refractivity contribution in [1.82, 2.24) is 10.3 Å². The average molecular weight is 292 g/mol. The fraction of sp³-hybridized carbons (Fsp3) is 0.286. The zero-order valence-corrected chi connectivity index (χ0v) is 12.6. The van der Waals surface area contributed by atoms with Crippen molar-refractivity contribution in [3.63, 3.8) is 0 Å². The molecular formula is C14H16N2O3S. The number of nitrogens with zero attached hydrogens (tertiary/aromatic N) is 1. The number of ether oxygens (including phenoxy) is 2. The molecule has 0 atom stereocenters. The van der Waals surface area contributed by atoms with Crippen LogP contribution in [0.15, 0.2) is 18.2 Å². The summed E-state index contributed by atoms with van der Waals surface area (Å²) < 4.78 is 10.5. The van der Waals surface area contributed by atoms with Crippen molar-refractivity contribution in [1.29, 1.82) is 0 Å². The normalized spacial score (nSPS) is 10.2. The van der Waals surface area contributed by atoms with Crippen LogP contribution >= 0.6 is 11.3 Å². The van der Waals surface area contributed by atoms with Crippen LogP contribution in [0.3, 0.4) is 0 Å². The van der Waals surface area contributed by atoms with Crippen molar-refractivity contribution < 1.29 is 14.3 Å². The van der Waals surface area contributed by atoms with Gasteiger partial charge in [-0.15, -0.1) is 11.3 Å². The van der Waals surface area contributed by atoms with E-state index in [1.54, 1.807) is 21.3 Å². The topological polar surface area (TPSA) is 60.5 Å². The molecule has 1 amide bonds. The Balaban J connectivity index is 2.44. The van der Waals surface area contributed by atoms with Gasteiger partial charge in [0.15, 0.2) is 11.5 Å². The summed E-state index contributed by atoms with van der Waals surface area (Å²) in [5, 5.41) is 3.39. The lowest BCUT2D eigenvalue weighted by molar-refractivity contribution is 0.0966. The minimum absolute atomic E-state index is 0.119. The van der Waals surface area contributed by atoms with E-state index in [9.17, 15) is 4.79 Å². The molecule has 106 valence electrons. The van der Waals surface area contributed by atoms with Crippen LogP contribution in [0.4, 0.5) is 0 Å². The van der Waals surface area contributed by atoms with E-state index in [1.807, 2.05) is 25.1 Å². The third kappa shape index (κ3) is 2.60. The van der Waals surface area contributed by atoms with Crippen molar-refractivity contribution in [2.75, 3.05) is 21.3 Å². The minimum atomic E-state index is -0.119. The van der Waals surface area contributed by atoms with E-state index in [1.165, 1.54) is 11.3 Å². The predicted molar refractivity (Wildman–Crippen MR) is 78.8 cm³/mol. The molecule has 20 heavy (non-hydrogen) atoms. The van der Waals surface area contributed by atoms with Gasteiger partial charge in [-0.3, -0.25) is 4.79 Å². The molecule has 0 aliphatic rings. The van der Waals surface area contributed by atoms with Crippen molar-refractivity contribution in [3.05, 3.63) is 28.8 Å². The number of carbonyl (C=O) groups is 1. The Morgan fingerprint density at radius 3 is 2.55 bits per heavy atom. The summed E-state index contributed by atoms with van der Waals surface area (Å²) in [6.07, 6.45) is 0. The van der Waals surface area contributed by atoms with E-state index >= 15 is 0 Å². The van der Waals surface area contributed by atoms with Gasteiger partial charge in [0.2, 0.25) is 0 Å². The molecule has 0 spiro atoms. The Bertz CT molecular complexity index is 637. The van der Waals surface area contributed by atoms with Crippen LogP contribution in [-0.2, 0) is 0 Å². The first kappa shape index (κ1) is 14.3. The lowest BCUT2D eigenvalue weighted by atomic mass is 10.2. The van der Waals surface area contributed by atoms with E-state index in [2.05, 4.69) is 10.3 Å². The number of aryl methyl sites for hydroxylation is 1. The van der Waals surface area contributed by atoms with Crippen LogP contribution in [0.5, 0.6) is 11.5 Å². The second kappa shape index (κ2) is 5.92. The van der Waals surface area contributed by atoms with Crippen molar-refractivity contribution in [2.24, 2.45) is 0 Å². The maximum absolute atomic E-state index is 11.7. The predicted octanol–water partition coefficient (Wildman–Crippen LogP) is 2.50. The Hall–Kier alpha value is -2.08. The average Bonchev–Trinajstić information content (AvgIpc) is 2.87. The molecule has 0 saturated heterocycles. The van der Waals surface area contributed by atoms with Gasteiger partial charge in [0.1, 0.15) is 9.88 Å². The number of hydrogen-bond acceptors (Lipinski definition) is 5. The number of thiazole rings is 1. The smallest absolute Gasteiger partial charge is 0.263 e. The van der Waals surface area contributed by atoms with Crippen LogP contribution in [0.1, 0.15) is 15.4 Å². The molecule has 0 saturated carbocycles.